The number of rotatable bonds is 3. The van der Waals surface area contributed by atoms with Crippen LogP contribution in [0.15, 0.2) is 0 Å². The first-order valence-electron chi connectivity index (χ1n) is 2.94. The van der Waals surface area contributed by atoms with E-state index in [2.05, 4.69) is 33.6 Å². The van der Waals surface area contributed by atoms with Crippen molar-refractivity contribution in [3.8, 4) is 0 Å². The lowest BCUT2D eigenvalue weighted by Gasteiger charge is -2.04. The second-order valence-electron chi connectivity index (χ2n) is 1.74. The van der Waals surface area contributed by atoms with Crippen LogP contribution in [0.25, 0.3) is 0 Å². The quantitative estimate of drug-likeness (QED) is 0.508. The predicted molar refractivity (Wildman–Crippen MR) is 33.7 cm³/mol. The average molecular weight is 98.2 g/mol. The molecule has 0 N–H and O–H groups in total. The molecule has 0 amide bonds. The third kappa shape index (κ3) is 2.67. The molecule has 0 spiro atoms. The van der Waals surface area contributed by atoms with Crippen molar-refractivity contribution >= 4 is 0 Å². The molecule has 0 nitrogen and oxygen atoms in total. The first-order chi connectivity index (χ1) is 3.35. The highest BCUT2D eigenvalue weighted by Crippen LogP contribution is 2.07. The van der Waals surface area contributed by atoms with Gasteiger partial charge in [0.25, 0.3) is 0 Å². The molecule has 0 heteroatoms. The molecule has 0 aromatic rings. The van der Waals surface area contributed by atoms with Gasteiger partial charge in [0.15, 0.2) is 0 Å². The van der Waals surface area contributed by atoms with E-state index in [9.17, 15) is 0 Å². The smallest absolute Gasteiger partial charge is 0.0360 e. The maximum absolute atomic E-state index is 2.22. The fourth-order valence-corrected chi connectivity index (χ4v) is 0.664. The molecule has 0 aliphatic heterocycles. The summed E-state index contributed by atoms with van der Waals surface area (Å²) in [5.41, 5.74) is 0. The van der Waals surface area contributed by atoms with Gasteiger partial charge in [-0.15, -0.1) is 0 Å². The Labute approximate surface area is 46.9 Å². The third-order valence-corrected chi connectivity index (χ3v) is 1.33. The summed E-state index contributed by atoms with van der Waals surface area (Å²) in [7, 11) is 0. The van der Waals surface area contributed by atoms with E-state index < -0.39 is 0 Å². The Morgan fingerprint density at radius 2 is 1.71 bits per heavy atom. The van der Waals surface area contributed by atoms with Gasteiger partial charge in [-0.1, -0.05) is 27.2 Å². The van der Waals surface area contributed by atoms with Crippen molar-refractivity contribution in [3.05, 3.63) is 12.8 Å². The summed E-state index contributed by atoms with van der Waals surface area (Å²) >= 11 is 0. The normalized spacial score (nSPS) is 10.3. The lowest BCUT2D eigenvalue weighted by Crippen LogP contribution is -1.93. The van der Waals surface area contributed by atoms with Crippen LogP contribution in [0.3, 0.4) is 0 Å². The number of hydrogen-bond acceptors (Lipinski definition) is 0. The zero-order valence-corrected chi connectivity index (χ0v) is 5.44. The van der Waals surface area contributed by atoms with Crippen LogP contribution in [-0.4, -0.2) is 0 Å². The van der Waals surface area contributed by atoms with Crippen LogP contribution in [-0.2, 0) is 0 Å². The molecule has 0 aromatic heterocycles. The van der Waals surface area contributed by atoms with E-state index in [4.69, 9.17) is 0 Å². The van der Waals surface area contributed by atoms with Crippen molar-refractivity contribution in [2.75, 3.05) is 0 Å². The Balaban J connectivity index is 2.99. The summed E-state index contributed by atoms with van der Waals surface area (Å²) in [6.45, 7) is 6.41. The van der Waals surface area contributed by atoms with Crippen LogP contribution in [0.5, 0.6) is 0 Å². The summed E-state index contributed by atoms with van der Waals surface area (Å²) < 4.78 is 0. The minimum absolute atomic E-state index is 0.736. The van der Waals surface area contributed by atoms with Crippen molar-refractivity contribution in [1.29, 1.82) is 0 Å². The molecule has 0 aromatic carbocycles. The van der Waals surface area contributed by atoms with E-state index in [1.54, 1.807) is 0 Å². The van der Waals surface area contributed by atoms with Crippen LogP contribution in [0.4, 0.5) is 0 Å². The third-order valence-electron chi connectivity index (χ3n) is 1.33. The van der Waals surface area contributed by atoms with Gasteiger partial charge in [0, 0.05) is 0 Å². The standard InChI is InChI=1S/C7H14/c1-4-7(5-2)6-3/h4-5,7H,6H2,1-3H3. The van der Waals surface area contributed by atoms with Crippen molar-refractivity contribution < 1.29 is 0 Å². The molecule has 7 heavy (non-hydrogen) atoms. The monoisotopic (exact) mass is 98.1 g/mol. The molecule has 0 rings (SSSR count). The highest BCUT2D eigenvalue weighted by Gasteiger charge is 1.96. The molecule has 0 bridgehead atoms. The molecular weight excluding hydrogens is 84.1 g/mol. The highest BCUT2D eigenvalue weighted by molar-refractivity contribution is 4.79. The minimum atomic E-state index is 0.736. The Morgan fingerprint density at radius 1 is 1.29 bits per heavy atom. The maximum Gasteiger partial charge on any atom is -0.0360 e. The molecule has 0 fully saturated rings. The van der Waals surface area contributed by atoms with Crippen LogP contribution in [0, 0.1) is 18.8 Å². The molecule has 2 radical (unpaired) electrons. The van der Waals surface area contributed by atoms with Crippen LogP contribution in [0.1, 0.15) is 27.2 Å². The highest BCUT2D eigenvalue weighted by atomic mass is 14.0. The summed E-state index contributed by atoms with van der Waals surface area (Å²) in [6, 6.07) is 0. The topological polar surface area (TPSA) is 0 Å². The first-order valence-corrected chi connectivity index (χ1v) is 2.94. The fraction of sp³-hybridized carbons (Fsp3) is 0.714. The molecule has 0 unspecified atom stereocenters. The molecule has 0 atom stereocenters. The fourth-order valence-electron chi connectivity index (χ4n) is 0.664. The van der Waals surface area contributed by atoms with E-state index >= 15 is 0 Å². The summed E-state index contributed by atoms with van der Waals surface area (Å²) in [4.78, 5) is 0. The van der Waals surface area contributed by atoms with Crippen LogP contribution in [0.2, 0.25) is 0 Å². The van der Waals surface area contributed by atoms with E-state index in [1.165, 1.54) is 6.42 Å². The van der Waals surface area contributed by atoms with E-state index in [-0.39, 0.29) is 0 Å². The van der Waals surface area contributed by atoms with E-state index in [0.717, 1.165) is 5.92 Å². The van der Waals surface area contributed by atoms with Crippen molar-refractivity contribution in [1.82, 2.24) is 0 Å². The Hall–Kier alpha value is 0. The Bertz CT molecular complexity index is 21.5. The second kappa shape index (κ2) is 4.17. The maximum atomic E-state index is 2.22. The van der Waals surface area contributed by atoms with E-state index in [0.29, 0.717) is 0 Å². The van der Waals surface area contributed by atoms with E-state index in [1.807, 2.05) is 0 Å². The Kier molecular flexibility index (Phi) is 4.17. The summed E-state index contributed by atoms with van der Waals surface area (Å²) in [5.74, 6) is 0.736. The van der Waals surface area contributed by atoms with Crippen LogP contribution >= 0.6 is 0 Å². The zero-order chi connectivity index (χ0) is 5.70. The summed E-state index contributed by atoms with van der Waals surface area (Å²) in [5, 5.41) is 0. The minimum Gasteiger partial charge on any atom is -0.0651 e. The van der Waals surface area contributed by atoms with Gasteiger partial charge in [-0.3, -0.25) is 0 Å². The molecule has 0 heterocycles. The largest absolute Gasteiger partial charge is 0.0651 e. The summed E-state index contributed by atoms with van der Waals surface area (Å²) in [6.07, 6.45) is 5.69. The molecule has 0 saturated heterocycles. The van der Waals surface area contributed by atoms with Gasteiger partial charge in [0.1, 0.15) is 0 Å². The van der Waals surface area contributed by atoms with Crippen molar-refractivity contribution in [3.63, 3.8) is 0 Å². The van der Waals surface area contributed by atoms with Gasteiger partial charge in [-0.2, -0.15) is 0 Å². The lowest BCUT2D eigenvalue weighted by atomic mass is 10.0. The Morgan fingerprint density at radius 3 is 1.71 bits per heavy atom. The van der Waals surface area contributed by atoms with Gasteiger partial charge in [-0.05, 0) is 18.8 Å². The van der Waals surface area contributed by atoms with Crippen LogP contribution < -0.4 is 0 Å². The van der Waals surface area contributed by atoms with Gasteiger partial charge >= 0.3 is 0 Å². The molecule has 0 aliphatic carbocycles. The second-order valence-corrected chi connectivity index (χ2v) is 1.74. The van der Waals surface area contributed by atoms with Crippen molar-refractivity contribution in [2.45, 2.75) is 27.2 Å². The van der Waals surface area contributed by atoms with Gasteiger partial charge in [-0.25, -0.2) is 0 Å². The molecule has 0 aliphatic rings. The lowest BCUT2D eigenvalue weighted by molar-refractivity contribution is 0.671. The zero-order valence-electron chi connectivity index (χ0n) is 5.44. The van der Waals surface area contributed by atoms with Gasteiger partial charge < -0.3 is 0 Å². The molecular formula is C7H14. The SMILES string of the molecule is C[CH]C([CH]C)CC. The van der Waals surface area contributed by atoms with Gasteiger partial charge in [0.05, 0.1) is 0 Å². The predicted octanol–water partition coefficient (Wildman–Crippen LogP) is 2.46. The first kappa shape index (κ1) is 7.00. The molecule has 0 saturated carbocycles. The van der Waals surface area contributed by atoms with Gasteiger partial charge in [0.2, 0.25) is 0 Å². The molecule has 42 valence electrons. The van der Waals surface area contributed by atoms with Crippen molar-refractivity contribution in [2.24, 2.45) is 5.92 Å². The number of hydrogen-bond donors (Lipinski definition) is 0. The average Bonchev–Trinajstić information content (AvgIpc) is 1.72.